The summed E-state index contributed by atoms with van der Waals surface area (Å²) in [5.41, 5.74) is -0.0465. The van der Waals surface area contributed by atoms with Crippen LogP contribution in [0.2, 0.25) is 0 Å². The minimum absolute atomic E-state index is 0.0503. The van der Waals surface area contributed by atoms with E-state index in [9.17, 15) is 9.90 Å². The Morgan fingerprint density at radius 3 is 2.74 bits per heavy atom. The van der Waals surface area contributed by atoms with Crippen molar-refractivity contribution < 1.29 is 9.90 Å². The highest BCUT2D eigenvalue weighted by molar-refractivity contribution is 14.1. The maximum Gasteiger partial charge on any atom is 0.254 e. The number of rotatable bonds is 3. The number of hydrogen-bond acceptors (Lipinski definition) is 2. The van der Waals surface area contributed by atoms with Gasteiger partial charge in [0, 0.05) is 21.6 Å². The summed E-state index contributed by atoms with van der Waals surface area (Å²) in [6, 6.07) is 5.70. The van der Waals surface area contributed by atoms with Gasteiger partial charge in [-0.1, -0.05) is 12.8 Å². The van der Waals surface area contributed by atoms with E-state index < -0.39 is 5.60 Å². The average Bonchev–Trinajstić information content (AvgIpc) is 2.78. The van der Waals surface area contributed by atoms with Crippen molar-refractivity contribution in [3.8, 4) is 0 Å². The average molecular weight is 438 g/mol. The van der Waals surface area contributed by atoms with Gasteiger partial charge >= 0.3 is 0 Å². The number of aliphatic hydroxyl groups is 1. The highest BCUT2D eigenvalue weighted by Gasteiger charge is 2.33. The molecule has 1 aromatic rings. The molecule has 0 atom stereocenters. The van der Waals surface area contributed by atoms with E-state index in [1.807, 2.05) is 18.2 Å². The molecule has 1 aliphatic rings. The molecule has 0 aliphatic heterocycles. The van der Waals surface area contributed by atoms with Crippen molar-refractivity contribution in [2.75, 3.05) is 13.6 Å². The number of likely N-dealkylation sites (N-methyl/N-ethyl adjacent to an activating group) is 1. The van der Waals surface area contributed by atoms with Crippen LogP contribution in [0.1, 0.15) is 36.0 Å². The Bertz CT molecular complexity index is 486. The van der Waals surface area contributed by atoms with Gasteiger partial charge in [-0.25, -0.2) is 0 Å². The summed E-state index contributed by atoms with van der Waals surface area (Å²) >= 11 is 5.60. The van der Waals surface area contributed by atoms with Crippen LogP contribution in [-0.4, -0.2) is 35.1 Å². The van der Waals surface area contributed by atoms with E-state index in [4.69, 9.17) is 0 Å². The fraction of sp³-hybridized carbons (Fsp3) is 0.500. The zero-order valence-electron chi connectivity index (χ0n) is 10.8. The van der Waals surface area contributed by atoms with E-state index in [0.29, 0.717) is 12.1 Å². The van der Waals surface area contributed by atoms with E-state index in [-0.39, 0.29) is 5.91 Å². The van der Waals surface area contributed by atoms with Crippen LogP contribution in [0.15, 0.2) is 22.7 Å². The van der Waals surface area contributed by atoms with E-state index in [1.165, 1.54) is 0 Å². The summed E-state index contributed by atoms with van der Waals surface area (Å²) in [5, 5.41) is 10.4. The van der Waals surface area contributed by atoms with E-state index >= 15 is 0 Å². The Morgan fingerprint density at radius 1 is 1.47 bits per heavy atom. The standard InChI is InChI=1S/C14H17BrINO2/c1-17(9-14(19)6-2-3-7-14)13(18)11-8-10(16)4-5-12(11)15/h4-5,8,19H,2-3,6-7,9H2,1H3. The lowest BCUT2D eigenvalue weighted by atomic mass is 10.0. The molecule has 0 spiro atoms. The highest BCUT2D eigenvalue weighted by atomic mass is 127. The van der Waals surface area contributed by atoms with Crippen LogP contribution in [0.5, 0.6) is 0 Å². The number of amides is 1. The third kappa shape index (κ3) is 3.70. The molecule has 5 heteroatoms. The Hall–Kier alpha value is -0.140. The number of carbonyl (C=O) groups is 1. The summed E-state index contributed by atoms with van der Waals surface area (Å²) in [4.78, 5) is 14.1. The Labute approximate surface area is 135 Å². The first-order chi connectivity index (χ1) is 8.91. The number of benzene rings is 1. The minimum atomic E-state index is -0.696. The molecule has 1 aliphatic carbocycles. The molecule has 1 aromatic carbocycles. The van der Waals surface area contributed by atoms with E-state index in [2.05, 4.69) is 38.5 Å². The molecule has 0 bridgehead atoms. The largest absolute Gasteiger partial charge is 0.388 e. The lowest BCUT2D eigenvalue weighted by Gasteiger charge is -2.29. The van der Waals surface area contributed by atoms with E-state index in [1.54, 1.807) is 11.9 Å². The molecule has 3 nitrogen and oxygen atoms in total. The second-order valence-corrected chi connectivity index (χ2v) is 7.32. The fourth-order valence-corrected chi connectivity index (χ4v) is 3.48. The van der Waals surface area contributed by atoms with Crippen LogP contribution in [0.25, 0.3) is 0 Å². The molecule has 1 N–H and O–H groups in total. The zero-order chi connectivity index (χ0) is 14.0. The van der Waals surface area contributed by atoms with Gasteiger partial charge < -0.3 is 10.0 Å². The normalized spacial score (nSPS) is 17.5. The van der Waals surface area contributed by atoms with Crippen LogP contribution in [0.4, 0.5) is 0 Å². The molecule has 19 heavy (non-hydrogen) atoms. The first-order valence-corrected chi connectivity index (χ1v) is 8.21. The molecular formula is C14H17BrINO2. The first kappa shape index (κ1) is 15.3. The Morgan fingerprint density at radius 2 is 2.11 bits per heavy atom. The Balaban J connectivity index is 2.12. The monoisotopic (exact) mass is 437 g/mol. The number of hydrogen-bond donors (Lipinski definition) is 1. The summed E-state index contributed by atoms with van der Waals surface area (Å²) in [5.74, 6) is -0.0503. The van der Waals surface area contributed by atoms with Crippen LogP contribution in [0, 0.1) is 3.57 Å². The van der Waals surface area contributed by atoms with Crippen molar-refractivity contribution in [1.82, 2.24) is 4.90 Å². The molecule has 0 unspecified atom stereocenters. The predicted octanol–water partition coefficient (Wildman–Crippen LogP) is 3.43. The number of carbonyl (C=O) groups excluding carboxylic acids is 1. The molecule has 0 aromatic heterocycles. The molecule has 1 fully saturated rings. The van der Waals surface area contributed by atoms with Crippen LogP contribution >= 0.6 is 38.5 Å². The van der Waals surface area contributed by atoms with Crippen molar-refractivity contribution in [2.24, 2.45) is 0 Å². The summed E-state index contributed by atoms with van der Waals surface area (Å²) in [7, 11) is 1.75. The number of halogens is 2. The molecule has 1 saturated carbocycles. The Kier molecular flexibility index (Phi) is 4.89. The van der Waals surface area contributed by atoms with Crippen molar-refractivity contribution in [1.29, 1.82) is 0 Å². The lowest BCUT2D eigenvalue weighted by molar-refractivity contribution is 0.0156. The smallest absolute Gasteiger partial charge is 0.254 e. The highest BCUT2D eigenvalue weighted by Crippen LogP contribution is 2.30. The van der Waals surface area contributed by atoms with Gasteiger partial charge in [0.25, 0.3) is 5.91 Å². The van der Waals surface area contributed by atoms with E-state index in [0.717, 1.165) is 33.7 Å². The van der Waals surface area contributed by atoms with Gasteiger partial charge in [-0.15, -0.1) is 0 Å². The summed E-state index contributed by atoms with van der Waals surface area (Å²) in [6.07, 6.45) is 3.67. The molecule has 2 rings (SSSR count). The van der Waals surface area contributed by atoms with Crippen molar-refractivity contribution in [3.05, 3.63) is 31.8 Å². The SMILES string of the molecule is CN(CC1(O)CCCC1)C(=O)c1cc(I)ccc1Br. The third-order valence-corrected chi connectivity index (χ3v) is 4.93. The van der Waals surface area contributed by atoms with Gasteiger partial charge in [0.1, 0.15) is 0 Å². The second kappa shape index (κ2) is 6.10. The topological polar surface area (TPSA) is 40.5 Å². The van der Waals surface area contributed by atoms with Crippen LogP contribution < -0.4 is 0 Å². The van der Waals surface area contributed by atoms with Crippen LogP contribution in [0.3, 0.4) is 0 Å². The first-order valence-electron chi connectivity index (χ1n) is 6.34. The van der Waals surface area contributed by atoms with Gasteiger partial charge in [0.15, 0.2) is 0 Å². The van der Waals surface area contributed by atoms with Crippen LogP contribution in [-0.2, 0) is 0 Å². The quantitative estimate of drug-likeness (QED) is 0.736. The zero-order valence-corrected chi connectivity index (χ0v) is 14.6. The van der Waals surface area contributed by atoms with Gasteiger partial charge in [-0.2, -0.15) is 0 Å². The van der Waals surface area contributed by atoms with Gasteiger partial charge in [-0.3, -0.25) is 4.79 Å². The lowest BCUT2D eigenvalue weighted by Crippen LogP contribution is -2.42. The molecule has 0 heterocycles. The fourth-order valence-electron chi connectivity index (χ4n) is 2.57. The molecule has 0 radical (unpaired) electrons. The van der Waals surface area contributed by atoms with Gasteiger partial charge in [0.05, 0.1) is 11.2 Å². The minimum Gasteiger partial charge on any atom is -0.388 e. The molecule has 1 amide bonds. The molecular weight excluding hydrogens is 421 g/mol. The van der Waals surface area contributed by atoms with Gasteiger partial charge in [0.2, 0.25) is 0 Å². The third-order valence-electron chi connectivity index (χ3n) is 3.57. The number of nitrogens with zero attached hydrogens (tertiary/aromatic N) is 1. The molecule has 0 saturated heterocycles. The maximum atomic E-state index is 12.4. The predicted molar refractivity (Wildman–Crippen MR) is 87.2 cm³/mol. The molecule has 104 valence electrons. The summed E-state index contributed by atoms with van der Waals surface area (Å²) in [6.45, 7) is 0.406. The van der Waals surface area contributed by atoms with Gasteiger partial charge in [-0.05, 0) is 69.6 Å². The summed E-state index contributed by atoms with van der Waals surface area (Å²) < 4.78 is 1.82. The maximum absolute atomic E-state index is 12.4. The van der Waals surface area contributed by atoms with Crippen molar-refractivity contribution in [3.63, 3.8) is 0 Å². The second-order valence-electron chi connectivity index (χ2n) is 5.22. The van der Waals surface area contributed by atoms with Crippen molar-refractivity contribution in [2.45, 2.75) is 31.3 Å². The van der Waals surface area contributed by atoms with Crippen molar-refractivity contribution >= 4 is 44.4 Å².